The quantitative estimate of drug-likeness (QED) is 0.221. The normalized spacial score (nSPS) is 17.9. The monoisotopic (exact) mass is 578 g/mol. The molecule has 0 amide bonds. The fourth-order valence-corrected chi connectivity index (χ4v) is 6.14. The zero-order valence-electron chi connectivity index (χ0n) is 21.3. The van der Waals surface area contributed by atoms with E-state index in [1.807, 2.05) is 13.0 Å². The van der Waals surface area contributed by atoms with Crippen molar-refractivity contribution in [3.8, 4) is 11.4 Å². The number of rotatable bonds is 6. The van der Waals surface area contributed by atoms with E-state index in [1.54, 1.807) is 6.07 Å². The molecule has 3 aromatic heterocycles. The van der Waals surface area contributed by atoms with Gasteiger partial charge in [0.15, 0.2) is 0 Å². The number of nitrogens with zero attached hydrogens (tertiary/aromatic N) is 4. The lowest BCUT2D eigenvalue weighted by Crippen LogP contribution is -2.31. The van der Waals surface area contributed by atoms with Crippen molar-refractivity contribution in [2.75, 3.05) is 0 Å². The minimum atomic E-state index is -4.71. The smallest absolute Gasteiger partial charge is 0.267 e. The van der Waals surface area contributed by atoms with Crippen LogP contribution < -0.4 is 5.56 Å². The third-order valence-corrected chi connectivity index (χ3v) is 8.22. The molecule has 0 unspecified atom stereocenters. The predicted molar refractivity (Wildman–Crippen MR) is 138 cm³/mol. The molecule has 3 heterocycles. The van der Waals surface area contributed by atoms with Crippen molar-refractivity contribution in [1.82, 2.24) is 19.7 Å². The first-order chi connectivity index (χ1) is 19.0. The Morgan fingerprint density at radius 2 is 1.77 bits per heavy atom. The Morgan fingerprint density at radius 3 is 2.45 bits per heavy atom. The molecule has 0 radical (unpaired) electrons. The number of hydrogen-bond acceptors (Lipinski definition) is 5. The number of halogens is 6. The maximum absolute atomic E-state index is 14.6. The summed E-state index contributed by atoms with van der Waals surface area (Å²) in [7, 11) is 0. The van der Waals surface area contributed by atoms with E-state index >= 15 is 0 Å². The van der Waals surface area contributed by atoms with Crippen molar-refractivity contribution in [3.05, 3.63) is 97.1 Å². The second-order valence-corrected chi connectivity index (χ2v) is 10.7. The molecule has 5 nitrogen and oxygen atoms in total. The van der Waals surface area contributed by atoms with E-state index in [0.29, 0.717) is 31.2 Å². The summed E-state index contributed by atoms with van der Waals surface area (Å²) >= 11 is 0.729. The van der Waals surface area contributed by atoms with Gasteiger partial charge in [-0.25, -0.2) is 22.8 Å². The predicted octanol–water partition coefficient (Wildman–Crippen LogP) is 7.66. The number of hydrogen-bond donors (Lipinski definition) is 0. The van der Waals surface area contributed by atoms with Gasteiger partial charge in [-0.15, -0.1) is 11.3 Å². The van der Waals surface area contributed by atoms with Gasteiger partial charge in [-0.3, -0.25) is 9.78 Å². The molecule has 1 aliphatic carbocycles. The van der Waals surface area contributed by atoms with Crippen LogP contribution in [0, 0.1) is 12.7 Å². The summed E-state index contributed by atoms with van der Waals surface area (Å²) in [6.07, 6.45) is -4.20. The first-order valence-corrected chi connectivity index (χ1v) is 13.5. The van der Waals surface area contributed by atoms with Crippen LogP contribution in [0.1, 0.15) is 76.8 Å². The molecule has 0 bridgehead atoms. The summed E-state index contributed by atoms with van der Waals surface area (Å²) in [5.74, 6) is -0.646. The fourth-order valence-electron chi connectivity index (χ4n) is 5.50. The molecule has 210 valence electrons. The van der Waals surface area contributed by atoms with Crippen LogP contribution >= 0.6 is 11.3 Å². The van der Waals surface area contributed by atoms with Crippen molar-refractivity contribution in [2.24, 2.45) is 0 Å². The van der Waals surface area contributed by atoms with E-state index < -0.39 is 36.0 Å². The molecule has 5 rings (SSSR count). The lowest BCUT2D eigenvalue weighted by atomic mass is 9.75. The number of alkyl halides is 5. The van der Waals surface area contributed by atoms with Crippen LogP contribution in [0.3, 0.4) is 0 Å². The van der Waals surface area contributed by atoms with Gasteiger partial charge < -0.3 is 0 Å². The Morgan fingerprint density at radius 1 is 1.05 bits per heavy atom. The zero-order valence-corrected chi connectivity index (χ0v) is 22.1. The van der Waals surface area contributed by atoms with Crippen LogP contribution in [-0.2, 0) is 12.7 Å². The molecular formula is C28H24F6N4OS. The Hall–Kier alpha value is -3.54. The van der Waals surface area contributed by atoms with Crippen molar-refractivity contribution in [1.29, 1.82) is 0 Å². The van der Waals surface area contributed by atoms with Crippen molar-refractivity contribution < 1.29 is 26.3 Å². The first kappa shape index (κ1) is 28.0. The van der Waals surface area contributed by atoms with Crippen molar-refractivity contribution >= 4 is 11.3 Å². The van der Waals surface area contributed by atoms with Crippen LogP contribution in [0.15, 0.2) is 52.9 Å². The highest BCUT2D eigenvalue weighted by Crippen LogP contribution is 2.42. The highest BCUT2D eigenvalue weighted by atomic mass is 32.1. The van der Waals surface area contributed by atoms with Crippen LogP contribution in [0.4, 0.5) is 26.3 Å². The summed E-state index contributed by atoms with van der Waals surface area (Å²) in [6, 6.07) is 8.34. The third-order valence-electron chi connectivity index (χ3n) is 7.38. The lowest BCUT2D eigenvalue weighted by molar-refractivity contribution is -0.138. The molecule has 1 aromatic carbocycles. The minimum Gasteiger partial charge on any atom is -0.267 e. The van der Waals surface area contributed by atoms with Crippen LogP contribution in [0.2, 0.25) is 0 Å². The molecule has 1 aliphatic rings. The molecule has 0 atom stereocenters. The second-order valence-electron chi connectivity index (χ2n) is 9.83. The van der Waals surface area contributed by atoms with Gasteiger partial charge in [-0.05, 0) is 79.8 Å². The molecule has 40 heavy (non-hydrogen) atoms. The van der Waals surface area contributed by atoms with Gasteiger partial charge in [-0.2, -0.15) is 18.3 Å². The number of aryl methyl sites for hydroxylation is 1. The molecule has 4 aromatic rings. The SMILES string of the molecule is Cc1cccc(F)c1C1CCC(c2cc(-c3ncsc3C(F)F)nn(Cc3ncccc3C(F)(F)F)c2=O)CC1. The number of benzene rings is 1. The number of pyridine rings is 1. The molecule has 1 fully saturated rings. The third kappa shape index (κ3) is 5.54. The average molecular weight is 579 g/mol. The Kier molecular flexibility index (Phi) is 7.80. The van der Waals surface area contributed by atoms with E-state index in [1.165, 1.54) is 23.8 Å². The molecular weight excluding hydrogens is 554 g/mol. The average Bonchev–Trinajstić information content (AvgIpc) is 3.41. The maximum atomic E-state index is 14.6. The van der Waals surface area contributed by atoms with E-state index in [-0.39, 0.29) is 39.5 Å². The molecule has 0 N–H and O–H groups in total. The van der Waals surface area contributed by atoms with E-state index in [9.17, 15) is 31.1 Å². The van der Waals surface area contributed by atoms with Gasteiger partial charge in [0.2, 0.25) is 0 Å². The van der Waals surface area contributed by atoms with Gasteiger partial charge in [0, 0.05) is 11.8 Å². The maximum Gasteiger partial charge on any atom is 0.418 e. The minimum absolute atomic E-state index is 0.0253. The van der Waals surface area contributed by atoms with Crippen LogP contribution in [-0.4, -0.2) is 19.7 Å². The molecule has 0 spiro atoms. The summed E-state index contributed by atoms with van der Waals surface area (Å²) in [6.45, 7) is 1.24. The van der Waals surface area contributed by atoms with Gasteiger partial charge in [0.1, 0.15) is 17.2 Å². The topological polar surface area (TPSA) is 60.7 Å². The molecule has 0 aliphatic heterocycles. The Bertz CT molecular complexity index is 1550. The lowest BCUT2D eigenvalue weighted by Gasteiger charge is -2.30. The highest BCUT2D eigenvalue weighted by Gasteiger charge is 2.35. The Labute approximate surface area is 229 Å². The van der Waals surface area contributed by atoms with E-state index in [2.05, 4.69) is 15.1 Å². The highest BCUT2D eigenvalue weighted by molar-refractivity contribution is 7.10. The Balaban J connectivity index is 1.54. The van der Waals surface area contributed by atoms with Gasteiger partial charge >= 0.3 is 6.18 Å². The summed E-state index contributed by atoms with van der Waals surface area (Å²) in [5.41, 5.74) is 0.773. The van der Waals surface area contributed by atoms with Crippen molar-refractivity contribution in [3.63, 3.8) is 0 Å². The summed E-state index contributed by atoms with van der Waals surface area (Å²) < 4.78 is 83.7. The molecule has 12 heteroatoms. The summed E-state index contributed by atoms with van der Waals surface area (Å²) in [4.78, 5) is 21.1. The summed E-state index contributed by atoms with van der Waals surface area (Å²) in [5, 5.41) is 4.18. The molecule has 1 saturated carbocycles. The van der Waals surface area contributed by atoms with E-state index in [4.69, 9.17) is 0 Å². The molecule has 0 saturated heterocycles. The largest absolute Gasteiger partial charge is 0.418 e. The zero-order chi connectivity index (χ0) is 28.6. The second kappa shape index (κ2) is 11.1. The fraction of sp³-hybridized carbons (Fsp3) is 0.357. The first-order valence-electron chi connectivity index (χ1n) is 12.6. The van der Waals surface area contributed by atoms with Gasteiger partial charge in [0.25, 0.3) is 12.0 Å². The van der Waals surface area contributed by atoms with E-state index in [0.717, 1.165) is 33.7 Å². The number of thiazole rings is 1. The van der Waals surface area contributed by atoms with Crippen LogP contribution in [0.5, 0.6) is 0 Å². The van der Waals surface area contributed by atoms with Crippen LogP contribution in [0.25, 0.3) is 11.4 Å². The number of aromatic nitrogens is 4. The standard InChI is InChI=1S/C28H24F6N4OS/c1-15-4-2-6-20(29)23(15)17-9-7-16(8-10-17)18-12-21(24-25(26(30)31)40-14-36-24)37-38(27(18)39)13-22-19(28(32,33)34)5-3-11-35-22/h2-6,11-12,14,16-17,26H,7-10,13H2,1H3. The van der Waals surface area contributed by atoms with Gasteiger partial charge in [0.05, 0.1) is 28.2 Å². The van der Waals surface area contributed by atoms with Gasteiger partial charge in [-0.1, -0.05) is 12.1 Å². The van der Waals surface area contributed by atoms with Crippen molar-refractivity contribution in [2.45, 2.75) is 63.6 Å².